The molecule has 5 heteroatoms. The van der Waals surface area contributed by atoms with Crippen molar-refractivity contribution in [3.05, 3.63) is 77.4 Å². The molecule has 0 aromatic heterocycles. The summed E-state index contributed by atoms with van der Waals surface area (Å²) in [5.41, 5.74) is 1.81. The van der Waals surface area contributed by atoms with Crippen molar-refractivity contribution in [2.75, 3.05) is 20.8 Å². The van der Waals surface area contributed by atoms with Crippen LogP contribution in [0.25, 0.3) is 0 Å². The molecular formula is C28H38O5. The van der Waals surface area contributed by atoms with Gasteiger partial charge in [0, 0.05) is 19.1 Å². The number of esters is 1. The van der Waals surface area contributed by atoms with Crippen LogP contribution in [0.5, 0.6) is 5.75 Å². The molecule has 2 aromatic carbocycles. The molecule has 2 aromatic rings. The summed E-state index contributed by atoms with van der Waals surface area (Å²) in [4.78, 5) is 11.8. The highest BCUT2D eigenvalue weighted by molar-refractivity contribution is 5.87. The van der Waals surface area contributed by atoms with E-state index in [2.05, 4.69) is 37.8 Å². The van der Waals surface area contributed by atoms with Crippen LogP contribution in [0.15, 0.2) is 60.7 Å². The third-order valence-corrected chi connectivity index (χ3v) is 6.06. The lowest BCUT2D eigenvalue weighted by Crippen LogP contribution is -2.32. The molecule has 0 bridgehead atoms. The maximum Gasteiger partial charge on any atom is 0.333 e. The number of benzene rings is 2. The second kappa shape index (κ2) is 10.5. The van der Waals surface area contributed by atoms with Gasteiger partial charge in [0.2, 0.25) is 0 Å². The number of carbonyl (C=O) groups excluding carboxylic acids is 1. The second-order valence-electron chi connectivity index (χ2n) is 9.58. The molecule has 1 atom stereocenters. The van der Waals surface area contributed by atoms with Gasteiger partial charge in [-0.3, -0.25) is 0 Å². The van der Waals surface area contributed by atoms with Crippen molar-refractivity contribution in [2.45, 2.75) is 64.8 Å². The van der Waals surface area contributed by atoms with Crippen LogP contribution in [0.2, 0.25) is 0 Å². The van der Waals surface area contributed by atoms with Crippen LogP contribution in [0, 0.1) is 0 Å². The average Bonchev–Trinajstić information content (AvgIpc) is 2.78. The Kier molecular flexibility index (Phi) is 8.50. The summed E-state index contributed by atoms with van der Waals surface area (Å²) in [6, 6.07) is 16.2. The fraction of sp³-hybridized carbons (Fsp3) is 0.464. The zero-order chi connectivity index (χ0) is 24.9. The number of carbonyl (C=O) groups is 1. The Morgan fingerprint density at radius 1 is 0.848 bits per heavy atom. The van der Waals surface area contributed by atoms with Gasteiger partial charge in [0.15, 0.2) is 0 Å². The molecule has 0 saturated carbocycles. The predicted molar refractivity (Wildman–Crippen MR) is 131 cm³/mol. The number of hydrogen-bond donors (Lipinski definition) is 0. The van der Waals surface area contributed by atoms with E-state index in [4.69, 9.17) is 18.9 Å². The van der Waals surface area contributed by atoms with Gasteiger partial charge < -0.3 is 18.9 Å². The standard InChI is InChI=1S/C28H38O5/c1-20(2)25(29)33-26(3,4)18-19-32-27(5,6)21-10-12-22(13-11-21)28(7,31-9)23-14-16-24(30-8)17-15-23/h10-17H,1,18-19H2,2-9H3. The Morgan fingerprint density at radius 2 is 1.33 bits per heavy atom. The molecule has 0 aliphatic rings. The minimum atomic E-state index is -0.630. The number of ether oxygens (including phenoxy) is 4. The summed E-state index contributed by atoms with van der Waals surface area (Å²) in [7, 11) is 3.37. The van der Waals surface area contributed by atoms with Gasteiger partial charge in [-0.1, -0.05) is 43.0 Å². The zero-order valence-electron chi connectivity index (χ0n) is 21.3. The van der Waals surface area contributed by atoms with Gasteiger partial charge >= 0.3 is 5.97 Å². The highest BCUT2D eigenvalue weighted by atomic mass is 16.6. The van der Waals surface area contributed by atoms with Crippen molar-refractivity contribution in [1.29, 1.82) is 0 Å². The highest BCUT2D eigenvalue weighted by Gasteiger charge is 2.30. The van der Waals surface area contributed by atoms with Gasteiger partial charge in [-0.25, -0.2) is 4.79 Å². The molecule has 5 nitrogen and oxygen atoms in total. The molecule has 0 radical (unpaired) electrons. The van der Waals surface area contributed by atoms with Crippen LogP contribution in [0.1, 0.15) is 64.7 Å². The number of methoxy groups -OCH3 is 2. The quantitative estimate of drug-likeness (QED) is 0.301. The molecule has 0 fully saturated rings. The van der Waals surface area contributed by atoms with Crippen molar-refractivity contribution < 1.29 is 23.7 Å². The van der Waals surface area contributed by atoms with E-state index in [1.165, 1.54) is 0 Å². The van der Waals surface area contributed by atoms with E-state index in [0.717, 1.165) is 22.4 Å². The lowest BCUT2D eigenvalue weighted by atomic mass is 9.86. The molecule has 0 N–H and O–H groups in total. The molecule has 0 aliphatic carbocycles. The maximum atomic E-state index is 11.8. The molecule has 0 saturated heterocycles. The summed E-state index contributed by atoms with van der Waals surface area (Å²) in [6.45, 7) is 15.6. The van der Waals surface area contributed by atoms with E-state index in [1.54, 1.807) is 21.1 Å². The van der Waals surface area contributed by atoms with Crippen molar-refractivity contribution in [2.24, 2.45) is 0 Å². The Labute approximate surface area is 198 Å². The van der Waals surface area contributed by atoms with Crippen LogP contribution in [0.3, 0.4) is 0 Å². The Hall–Kier alpha value is -2.63. The van der Waals surface area contributed by atoms with E-state index in [1.807, 2.05) is 52.0 Å². The molecule has 0 heterocycles. The first-order valence-corrected chi connectivity index (χ1v) is 11.2. The summed E-state index contributed by atoms with van der Waals surface area (Å²) < 4.78 is 22.9. The van der Waals surface area contributed by atoms with Crippen LogP contribution in [0.4, 0.5) is 0 Å². The molecule has 2 rings (SSSR count). The monoisotopic (exact) mass is 454 g/mol. The van der Waals surface area contributed by atoms with E-state index < -0.39 is 16.8 Å². The van der Waals surface area contributed by atoms with Gasteiger partial charge in [0.25, 0.3) is 0 Å². The van der Waals surface area contributed by atoms with E-state index in [0.29, 0.717) is 18.6 Å². The smallest absolute Gasteiger partial charge is 0.333 e. The fourth-order valence-corrected chi connectivity index (χ4v) is 3.53. The zero-order valence-corrected chi connectivity index (χ0v) is 21.3. The van der Waals surface area contributed by atoms with E-state index in [9.17, 15) is 4.79 Å². The van der Waals surface area contributed by atoms with E-state index in [-0.39, 0.29) is 5.97 Å². The van der Waals surface area contributed by atoms with Gasteiger partial charge in [-0.15, -0.1) is 0 Å². The topological polar surface area (TPSA) is 54.0 Å². The van der Waals surface area contributed by atoms with Gasteiger partial charge in [0.05, 0.1) is 19.3 Å². The molecule has 0 spiro atoms. The summed E-state index contributed by atoms with van der Waals surface area (Å²) in [6.07, 6.45) is 0.576. The van der Waals surface area contributed by atoms with Crippen molar-refractivity contribution >= 4 is 5.97 Å². The summed E-state index contributed by atoms with van der Waals surface area (Å²) in [5, 5.41) is 0. The molecule has 33 heavy (non-hydrogen) atoms. The Bertz CT molecular complexity index is 941. The normalized spacial score (nSPS) is 13.8. The maximum absolute atomic E-state index is 11.8. The number of rotatable bonds is 11. The molecule has 180 valence electrons. The lowest BCUT2D eigenvalue weighted by Gasteiger charge is -2.32. The summed E-state index contributed by atoms with van der Waals surface area (Å²) in [5.74, 6) is 0.428. The predicted octanol–water partition coefficient (Wildman–Crippen LogP) is 6.14. The molecule has 0 amide bonds. The minimum Gasteiger partial charge on any atom is -0.497 e. The van der Waals surface area contributed by atoms with Crippen LogP contribution in [-0.2, 0) is 30.2 Å². The SMILES string of the molecule is C=C(C)C(=O)OC(C)(C)CCOC(C)(C)c1ccc(C(C)(OC)c2ccc(OC)cc2)cc1. The molecule has 1 unspecified atom stereocenters. The van der Waals surface area contributed by atoms with Crippen LogP contribution < -0.4 is 4.74 Å². The Morgan fingerprint density at radius 3 is 1.79 bits per heavy atom. The van der Waals surface area contributed by atoms with Crippen molar-refractivity contribution in [3.63, 3.8) is 0 Å². The van der Waals surface area contributed by atoms with Gasteiger partial charge in [0.1, 0.15) is 17.0 Å². The lowest BCUT2D eigenvalue weighted by molar-refractivity contribution is -0.154. The largest absolute Gasteiger partial charge is 0.497 e. The number of hydrogen-bond acceptors (Lipinski definition) is 5. The van der Waals surface area contributed by atoms with Gasteiger partial charge in [-0.2, -0.15) is 0 Å². The second-order valence-corrected chi connectivity index (χ2v) is 9.58. The van der Waals surface area contributed by atoms with Crippen LogP contribution >= 0.6 is 0 Å². The van der Waals surface area contributed by atoms with Crippen molar-refractivity contribution in [1.82, 2.24) is 0 Å². The van der Waals surface area contributed by atoms with E-state index >= 15 is 0 Å². The fourth-order valence-electron chi connectivity index (χ4n) is 3.53. The average molecular weight is 455 g/mol. The first kappa shape index (κ1) is 26.6. The minimum absolute atomic E-state index is 0.382. The van der Waals surface area contributed by atoms with Crippen molar-refractivity contribution in [3.8, 4) is 5.75 Å². The van der Waals surface area contributed by atoms with Gasteiger partial charge in [-0.05, 0) is 70.4 Å². The summed E-state index contributed by atoms with van der Waals surface area (Å²) >= 11 is 0. The van der Waals surface area contributed by atoms with Crippen LogP contribution in [-0.4, -0.2) is 32.4 Å². The third kappa shape index (κ3) is 6.68. The molecular weight excluding hydrogens is 416 g/mol. The highest BCUT2D eigenvalue weighted by Crippen LogP contribution is 2.35. The molecule has 0 aliphatic heterocycles. The first-order valence-electron chi connectivity index (χ1n) is 11.2. The Balaban J connectivity index is 2.10. The first-order chi connectivity index (χ1) is 15.3. The third-order valence-electron chi connectivity index (χ3n) is 6.06.